The Morgan fingerprint density at radius 1 is 1.22 bits per heavy atom. The van der Waals surface area contributed by atoms with Gasteiger partial charge in [-0.1, -0.05) is 44.2 Å². The van der Waals surface area contributed by atoms with Crippen molar-refractivity contribution >= 4 is 17.6 Å². The molecule has 0 aliphatic heterocycles. The summed E-state index contributed by atoms with van der Waals surface area (Å²) >= 11 is 0. The third kappa shape index (κ3) is 6.74. The molecule has 1 N–H and O–H groups in total. The topological polar surface area (TPSA) is 33.6 Å². The molecule has 0 atom stereocenters. The van der Waals surface area contributed by atoms with E-state index in [1.54, 1.807) is 6.08 Å². The Kier molecular flexibility index (Phi) is 8.90. The zero-order valence-corrected chi connectivity index (χ0v) is 17.1. The number of aliphatic imine (C=N–C) groups is 1. The number of hydrogen-bond acceptors (Lipinski definition) is 3. The van der Waals surface area contributed by atoms with Crippen LogP contribution in [0.25, 0.3) is 0 Å². The molecule has 2 rings (SSSR count). The number of rotatable bonds is 9. The molecule has 1 aliphatic rings. The van der Waals surface area contributed by atoms with Crippen molar-refractivity contribution in [3.05, 3.63) is 54.7 Å². The summed E-state index contributed by atoms with van der Waals surface area (Å²) in [7, 11) is 0. The predicted molar refractivity (Wildman–Crippen MR) is 119 cm³/mol. The van der Waals surface area contributed by atoms with Gasteiger partial charge in [-0.3, -0.25) is 4.99 Å². The van der Waals surface area contributed by atoms with Gasteiger partial charge in [0.25, 0.3) is 0 Å². The summed E-state index contributed by atoms with van der Waals surface area (Å²) in [5.74, 6) is 1.82. The Morgan fingerprint density at radius 3 is 2.67 bits per heavy atom. The Bertz CT molecular complexity index is 680. The fraction of sp³-hybridized carbons (Fsp3) is 0.458. The minimum Gasteiger partial charge on any atom is -0.490 e. The van der Waals surface area contributed by atoms with Gasteiger partial charge in [0.15, 0.2) is 0 Å². The molecule has 0 amide bonds. The van der Waals surface area contributed by atoms with E-state index in [0.29, 0.717) is 6.10 Å². The lowest BCUT2D eigenvalue weighted by molar-refractivity contribution is 0.130. The van der Waals surface area contributed by atoms with E-state index >= 15 is 0 Å². The van der Waals surface area contributed by atoms with Crippen molar-refractivity contribution in [2.24, 2.45) is 10.9 Å². The highest BCUT2D eigenvalue weighted by Gasteiger charge is 2.21. The summed E-state index contributed by atoms with van der Waals surface area (Å²) in [6.07, 6.45) is 18.0. The van der Waals surface area contributed by atoms with E-state index in [4.69, 9.17) is 4.74 Å². The molecule has 0 aromatic heterocycles. The maximum atomic E-state index is 6.34. The molecule has 1 saturated carbocycles. The van der Waals surface area contributed by atoms with Gasteiger partial charge in [0.1, 0.15) is 5.75 Å². The number of anilines is 1. The van der Waals surface area contributed by atoms with E-state index in [1.807, 2.05) is 37.4 Å². The average molecular weight is 367 g/mol. The Hall–Kier alpha value is -2.29. The first-order valence-corrected chi connectivity index (χ1v) is 10.2. The first-order chi connectivity index (χ1) is 13.2. The average Bonchev–Trinajstić information content (AvgIpc) is 2.68. The molecule has 1 fully saturated rings. The third-order valence-corrected chi connectivity index (χ3v) is 5.11. The van der Waals surface area contributed by atoms with E-state index in [9.17, 15) is 0 Å². The van der Waals surface area contributed by atoms with Crippen LogP contribution in [0.15, 0.2) is 54.1 Å². The molecule has 1 aliphatic carbocycles. The Labute approximate surface area is 164 Å². The Balaban J connectivity index is 2.16. The highest BCUT2D eigenvalue weighted by atomic mass is 16.5. The number of nitrogens with one attached hydrogen (secondary N) is 1. The number of hydrogen-bond donors (Lipinski definition) is 1. The summed E-state index contributed by atoms with van der Waals surface area (Å²) in [5, 5.41) is 3.46. The monoisotopic (exact) mass is 366 g/mol. The maximum absolute atomic E-state index is 6.34. The van der Waals surface area contributed by atoms with Crippen LogP contribution in [0.1, 0.15) is 51.5 Å². The molecule has 0 unspecified atom stereocenters. The second-order valence-electron chi connectivity index (χ2n) is 7.15. The molecular formula is C24H34N2O. The number of benzene rings is 1. The van der Waals surface area contributed by atoms with Crippen molar-refractivity contribution in [1.29, 1.82) is 0 Å². The van der Waals surface area contributed by atoms with E-state index < -0.39 is 0 Å². The summed E-state index contributed by atoms with van der Waals surface area (Å²) in [4.78, 5) is 4.63. The number of nitrogens with zero attached hydrogens (tertiary/aromatic N) is 1. The van der Waals surface area contributed by atoms with E-state index in [0.717, 1.165) is 48.0 Å². The molecular weight excluding hydrogens is 332 g/mol. The molecule has 1 aromatic carbocycles. The van der Waals surface area contributed by atoms with Gasteiger partial charge in [-0.25, -0.2) is 0 Å². The van der Waals surface area contributed by atoms with Crippen molar-refractivity contribution in [2.45, 2.75) is 59.0 Å². The zero-order chi connectivity index (χ0) is 19.5. The lowest BCUT2D eigenvalue weighted by Crippen LogP contribution is -2.24. The van der Waals surface area contributed by atoms with Gasteiger partial charge >= 0.3 is 0 Å². The smallest absolute Gasteiger partial charge is 0.122 e. The van der Waals surface area contributed by atoms with E-state index in [2.05, 4.69) is 42.9 Å². The molecule has 3 nitrogen and oxygen atoms in total. The largest absolute Gasteiger partial charge is 0.490 e. The van der Waals surface area contributed by atoms with Crippen LogP contribution in [0, 0.1) is 12.8 Å². The molecule has 0 bridgehead atoms. The number of allylic oxidation sites excluding steroid dienone is 4. The molecule has 0 spiro atoms. The van der Waals surface area contributed by atoms with Crippen molar-refractivity contribution in [1.82, 2.24) is 0 Å². The summed E-state index contributed by atoms with van der Waals surface area (Å²) in [6.45, 7) is 10.8. The lowest BCUT2D eigenvalue weighted by Gasteiger charge is -2.28. The molecule has 0 heterocycles. The van der Waals surface area contributed by atoms with Crippen LogP contribution >= 0.6 is 0 Å². The normalized spacial score (nSPS) is 20.6. The lowest BCUT2D eigenvalue weighted by atomic mass is 9.86. The fourth-order valence-corrected chi connectivity index (χ4v) is 3.51. The standard InChI is InChI=1S/C24H34N2O/c1-5-8-10-16-25-23-18-22(17-19(4)24(23)26-15-9-6-2)27-21-13-11-20(7-3)12-14-21/h5-6,8-10,15,17-18,20-21,25H,1,7,11-14,16H2,2-4H3/b9-6-,10-8-,26-15?. The fourth-order valence-electron chi connectivity index (χ4n) is 3.51. The van der Waals surface area contributed by atoms with Crippen LogP contribution in [0.3, 0.4) is 0 Å². The van der Waals surface area contributed by atoms with Crippen molar-refractivity contribution in [3.8, 4) is 5.75 Å². The first kappa shape index (κ1) is 21.0. The van der Waals surface area contributed by atoms with Crippen molar-refractivity contribution in [2.75, 3.05) is 11.9 Å². The molecule has 27 heavy (non-hydrogen) atoms. The van der Waals surface area contributed by atoms with Gasteiger partial charge in [0.2, 0.25) is 0 Å². The van der Waals surface area contributed by atoms with Crippen LogP contribution in [-0.4, -0.2) is 18.9 Å². The minimum absolute atomic E-state index is 0.332. The van der Waals surface area contributed by atoms with Crippen molar-refractivity contribution < 1.29 is 4.74 Å². The molecule has 0 saturated heterocycles. The van der Waals surface area contributed by atoms with E-state index in [-0.39, 0.29) is 0 Å². The van der Waals surface area contributed by atoms with Gasteiger partial charge < -0.3 is 10.1 Å². The quantitative estimate of drug-likeness (QED) is 0.386. The second-order valence-corrected chi connectivity index (χ2v) is 7.15. The Morgan fingerprint density at radius 2 is 2.00 bits per heavy atom. The maximum Gasteiger partial charge on any atom is 0.122 e. The van der Waals surface area contributed by atoms with Gasteiger partial charge in [-0.2, -0.15) is 0 Å². The number of ether oxygens (including phenoxy) is 1. The SMILES string of the molecule is C=C/C=C\CNc1cc(OC2CCC(CC)CC2)cc(C)c1N=C/C=C\C. The van der Waals surface area contributed by atoms with Crippen molar-refractivity contribution in [3.63, 3.8) is 0 Å². The van der Waals surface area contributed by atoms with Crippen LogP contribution < -0.4 is 10.1 Å². The molecule has 1 aromatic rings. The van der Waals surface area contributed by atoms with Gasteiger partial charge in [-0.05, 0) is 63.2 Å². The van der Waals surface area contributed by atoms with Crippen LogP contribution in [-0.2, 0) is 0 Å². The molecule has 0 radical (unpaired) electrons. The van der Waals surface area contributed by atoms with Crippen LogP contribution in [0.5, 0.6) is 5.75 Å². The van der Waals surface area contributed by atoms with Gasteiger partial charge in [0.05, 0.1) is 17.5 Å². The zero-order valence-electron chi connectivity index (χ0n) is 17.1. The summed E-state index contributed by atoms with van der Waals surface area (Å²) < 4.78 is 6.34. The van der Waals surface area contributed by atoms with E-state index in [1.165, 1.54) is 19.3 Å². The van der Waals surface area contributed by atoms with Crippen LogP contribution in [0.2, 0.25) is 0 Å². The predicted octanol–water partition coefficient (Wildman–Crippen LogP) is 6.78. The highest BCUT2D eigenvalue weighted by molar-refractivity contribution is 5.80. The highest BCUT2D eigenvalue weighted by Crippen LogP contribution is 2.36. The summed E-state index contributed by atoms with van der Waals surface area (Å²) in [5.41, 5.74) is 3.08. The first-order valence-electron chi connectivity index (χ1n) is 10.2. The third-order valence-electron chi connectivity index (χ3n) is 5.11. The minimum atomic E-state index is 0.332. The number of aryl methyl sites for hydroxylation is 1. The van der Waals surface area contributed by atoms with Gasteiger partial charge in [-0.15, -0.1) is 0 Å². The second kappa shape index (κ2) is 11.4. The van der Waals surface area contributed by atoms with Gasteiger partial charge in [0, 0.05) is 18.8 Å². The van der Waals surface area contributed by atoms with Crippen LogP contribution in [0.4, 0.5) is 11.4 Å². The molecule has 3 heteroatoms. The summed E-state index contributed by atoms with van der Waals surface area (Å²) in [6, 6.07) is 4.20. The molecule has 146 valence electrons.